The van der Waals surface area contributed by atoms with Crippen LogP contribution in [0.1, 0.15) is 13.3 Å². The first-order valence-corrected chi connectivity index (χ1v) is 11.3. The molecule has 3 rings (SSSR count). The molecule has 0 radical (unpaired) electrons. The highest BCUT2D eigenvalue weighted by Crippen LogP contribution is 2.30. The standard InChI is InChI=1S/C15H18N4O3S3/c1-10(13(20)16-12-7-8-25(21,22)9-12)23-15-19-18-14(24-15)17-11-5-3-2-4-6-11/h2-6,10,12H,7-9H2,1H3,(H,16,20)(H,17,18)/t10-,12+/m0/s1. The van der Waals surface area contributed by atoms with E-state index < -0.39 is 9.84 Å². The molecule has 1 aliphatic heterocycles. The van der Waals surface area contributed by atoms with Crippen molar-refractivity contribution in [3.05, 3.63) is 30.3 Å². The van der Waals surface area contributed by atoms with Gasteiger partial charge < -0.3 is 10.6 Å². The van der Waals surface area contributed by atoms with Crippen LogP contribution in [0.2, 0.25) is 0 Å². The van der Waals surface area contributed by atoms with E-state index in [4.69, 9.17) is 0 Å². The molecule has 1 saturated heterocycles. The Morgan fingerprint density at radius 3 is 2.76 bits per heavy atom. The van der Waals surface area contributed by atoms with Crippen molar-refractivity contribution < 1.29 is 13.2 Å². The van der Waals surface area contributed by atoms with E-state index in [-0.39, 0.29) is 28.7 Å². The topological polar surface area (TPSA) is 101 Å². The van der Waals surface area contributed by atoms with Crippen LogP contribution in [-0.4, -0.2) is 47.3 Å². The Morgan fingerprint density at radius 1 is 1.32 bits per heavy atom. The van der Waals surface area contributed by atoms with Gasteiger partial charge in [-0.05, 0) is 25.5 Å². The van der Waals surface area contributed by atoms with Gasteiger partial charge in [-0.25, -0.2) is 8.42 Å². The van der Waals surface area contributed by atoms with Crippen molar-refractivity contribution >= 4 is 49.7 Å². The summed E-state index contributed by atoms with van der Waals surface area (Å²) in [5.74, 6) is -0.00958. The molecule has 7 nitrogen and oxygen atoms in total. The first-order valence-electron chi connectivity index (χ1n) is 7.74. The molecule has 0 unspecified atom stereocenters. The second-order valence-electron chi connectivity index (χ2n) is 5.73. The van der Waals surface area contributed by atoms with Crippen LogP contribution in [0.4, 0.5) is 10.8 Å². The highest BCUT2D eigenvalue weighted by Gasteiger charge is 2.30. The summed E-state index contributed by atoms with van der Waals surface area (Å²) in [4.78, 5) is 12.2. The number of rotatable bonds is 6. The van der Waals surface area contributed by atoms with Crippen LogP contribution >= 0.6 is 23.1 Å². The molecule has 2 heterocycles. The van der Waals surface area contributed by atoms with E-state index in [0.29, 0.717) is 15.9 Å². The van der Waals surface area contributed by atoms with E-state index in [2.05, 4.69) is 20.8 Å². The van der Waals surface area contributed by atoms with Crippen molar-refractivity contribution in [1.82, 2.24) is 15.5 Å². The molecule has 1 fully saturated rings. The number of carbonyl (C=O) groups excluding carboxylic acids is 1. The third kappa shape index (κ3) is 5.16. The average molecular weight is 399 g/mol. The van der Waals surface area contributed by atoms with Crippen molar-refractivity contribution in [1.29, 1.82) is 0 Å². The first-order chi connectivity index (χ1) is 11.9. The number of hydrogen-bond donors (Lipinski definition) is 2. The maximum Gasteiger partial charge on any atom is 0.233 e. The number of thioether (sulfide) groups is 1. The zero-order valence-corrected chi connectivity index (χ0v) is 16.0. The van der Waals surface area contributed by atoms with Crippen LogP contribution in [0.15, 0.2) is 34.7 Å². The molecular formula is C15H18N4O3S3. The predicted molar refractivity (Wildman–Crippen MR) is 100 cm³/mol. The van der Waals surface area contributed by atoms with Crippen LogP contribution in [-0.2, 0) is 14.6 Å². The van der Waals surface area contributed by atoms with Crippen LogP contribution in [0.25, 0.3) is 0 Å². The van der Waals surface area contributed by atoms with Crippen molar-refractivity contribution in [2.75, 3.05) is 16.8 Å². The third-order valence-electron chi connectivity index (χ3n) is 3.66. The number of benzene rings is 1. The van der Waals surface area contributed by atoms with Gasteiger partial charge >= 0.3 is 0 Å². The minimum absolute atomic E-state index is 0.0279. The van der Waals surface area contributed by atoms with Crippen LogP contribution in [0.3, 0.4) is 0 Å². The Morgan fingerprint density at radius 2 is 2.08 bits per heavy atom. The largest absolute Gasteiger partial charge is 0.351 e. The Bertz CT molecular complexity index is 839. The van der Waals surface area contributed by atoms with E-state index in [1.54, 1.807) is 6.92 Å². The van der Waals surface area contributed by atoms with Gasteiger partial charge in [-0.3, -0.25) is 4.79 Å². The number of amides is 1. The SMILES string of the molecule is C[C@H](Sc1nnc(Nc2ccccc2)s1)C(=O)N[C@@H]1CCS(=O)(=O)C1. The lowest BCUT2D eigenvalue weighted by atomic mass is 10.2. The summed E-state index contributed by atoms with van der Waals surface area (Å²) in [6.45, 7) is 1.77. The van der Waals surface area contributed by atoms with E-state index in [1.807, 2.05) is 30.3 Å². The van der Waals surface area contributed by atoms with Crippen molar-refractivity contribution in [3.63, 3.8) is 0 Å². The Hall–Kier alpha value is -1.65. The van der Waals surface area contributed by atoms with Crippen LogP contribution in [0.5, 0.6) is 0 Å². The smallest absolute Gasteiger partial charge is 0.233 e. The van der Waals surface area contributed by atoms with Gasteiger partial charge in [0.05, 0.1) is 16.8 Å². The molecule has 2 atom stereocenters. The summed E-state index contributed by atoms with van der Waals surface area (Å²) in [5, 5.41) is 14.4. The molecule has 1 aromatic heterocycles. The quantitative estimate of drug-likeness (QED) is 0.718. The Balaban J connectivity index is 1.52. The maximum absolute atomic E-state index is 12.2. The Labute approximate surface area is 154 Å². The zero-order chi connectivity index (χ0) is 17.9. The number of carbonyl (C=O) groups is 1. The van der Waals surface area contributed by atoms with Gasteiger partial charge in [0.1, 0.15) is 0 Å². The number of aromatic nitrogens is 2. The molecule has 134 valence electrons. The summed E-state index contributed by atoms with van der Waals surface area (Å²) in [6, 6.07) is 9.36. The zero-order valence-electron chi connectivity index (χ0n) is 13.5. The van der Waals surface area contributed by atoms with Gasteiger partial charge in [0, 0.05) is 11.7 Å². The lowest BCUT2D eigenvalue weighted by molar-refractivity contribution is -0.120. The highest BCUT2D eigenvalue weighted by molar-refractivity contribution is 8.02. The molecular weight excluding hydrogens is 380 g/mol. The highest BCUT2D eigenvalue weighted by atomic mass is 32.2. The summed E-state index contributed by atoms with van der Waals surface area (Å²) in [5.41, 5.74) is 0.920. The molecule has 10 heteroatoms. The molecule has 25 heavy (non-hydrogen) atoms. The molecule has 1 aromatic carbocycles. The number of sulfone groups is 1. The number of hydrogen-bond acceptors (Lipinski definition) is 8. The monoisotopic (exact) mass is 398 g/mol. The van der Waals surface area contributed by atoms with Crippen molar-refractivity contribution in [2.24, 2.45) is 0 Å². The minimum atomic E-state index is -3.00. The normalized spacial score (nSPS) is 20.1. The van der Waals surface area contributed by atoms with Crippen molar-refractivity contribution in [2.45, 2.75) is 29.0 Å². The minimum Gasteiger partial charge on any atom is -0.351 e. The lowest BCUT2D eigenvalue weighted by Gasteiger charge is -2.14. The van der Waals surface area contributed by atoms with E-state index >= 15 is 0 Å². The van der Waals surface area contributed by atoms with E-state index in [1.165, 1.54) is 23.1 Å². The predicted octanol–water partition coefficient (Wildman–Crippen LogP) is 2.07. The number of anilines is 2. The molecule has 1 aliphatic rings. The molecule has 2 N–H and O–H groups in total. The number of nitrogens with zero attached hydrogens (tertiary/aromatic N) is 2. The van der Waals surface area contributed by atoms with Gasteiger partial charge in [0.2, 0.25) is 11.0 Å². The fourth-order valence-electron chi connectivity index (χ4n) is 2.38. The Kier molecular flexibility index (Phi) is 5.60. The lowest BCUT2D eigenvalue weighted by Crippen LogP contribution is -2.39. The molecule has 0 saturated carbocycles. The van der Waals surface area contributed by atoms with Crippen LogP contribution in [0, 0.1) is 0 Å². The van der Waals surface area contributed by atoms with Gasteiger partial charge in [0.15, 0.2) is 14.2 Å². The third-order valence-corrected chi connectivity index (χ3v) is 7.45. The average Bonchev–Trinajstić information content (AvgIpc) is 3.14. The number of nitrogens with one attached hydrogen (secondary N) is 2. The number of para-hydroxylation sites is 1. The van der Waals surface area contributed by atoms with E-state index in [9.17, 15) is 13.2 Å². The second-order valence-corrected chi connectivity index (χ2v) is 10.5. The van der Waals surface area contributed by atoms with Gasteiger partial charge in [0.25, 0.3) is 0 Å². The summed E-state index contributed by atoms with van der Waals surface area (Å²) in [6.07, 6.45) is 0.482. The fraction of sp³-hybridized carbons (Fsp3) is 0.400. The van der Waals surface area contributed by atoms with E-state index in [0.717, 1.165) is 5.69 Å². The van der Waals surface area contributed by atoms with Gasteiger partial charge in [-0.15, -0.1) is 10.2 Å². The first kappa shape index (κ1) is 18.2. The summed E-state index contributed by atoms with van der Waals surface area (Å²) < 4.78 is 23.6. The van der Waals surface area contributed by atoms with Gasteiger partial charge in [-0.2, -0.15) is 0 Å². The molecule has 0 aliphatic carbocycles. The maximum atomic E-state index is 12.2. The second kappa shape index (κ2) is 7.71. The van der Waals surface area contributed by atoms with Gasteiger partial charge in [-0.1, -0.05) is 41.3 Å². The fourth-order valence-corrected chi connectivity index (χ4v) is 5.98. The molecule has 0 spiro atoms. The molecule has 2 aromatic rings. The molecule has 0 bridgehead atoms. The van der Waals surface area contributed by atoms with Crippen molar-refractivity contribution in [3.8, 4) is 0 Å². The molecule has 1 amide bonds. The summed E-state index contributed by atoms with van der Waals surface area (Å²) >= 11 is 2.68. The van der Waals surface area contributed by atoms with Crippen LogP contribution < -0.4 is 10.6 Å². The summed E-state index contributed by atoms with van der Waals surface area (Å²) in [7, 11) is -3.00.